The van der Waals surface area contributed by atoms with E-state index in [4.69, 9.17) is 14.2 Å². The maximum Gasteiger partial charge on any atom is 0.261 e. The fourth-order valence-electron chi connectivity index (χ4n) is 3.09. The van der Waals surface area contributed by atoms with Gasteiger partial charge in [-0.15, -0.1) is 0 Å². The Hall–Kier alpha value is -3.86. The number of hydrogen-bond donors (Lipinski definition) is 2. The normalized spacial score (nSPS) is 12.7. The number of rotatable bonds is 6. The van der Waals surface area contributed by atoms with E-state index in [0.29, 0.717) is 42.2 Å². The zero-order valence-electron chi connectivity index (χ0n) is 17.2. The third-order valence-electron chi connectivity index (χ3n) is 4.69. The van der Waals surface area contributed by atoms with Crippen molar-refractivity contribution in [3.05, 3.63) is 71.8 Å². The standard InChI is InChI=1S/C22H18F2N2O6S/c1-30-19-10-13(11-20-21(19)32-9-8-31-20)22(27)25-14-2-4-15(5-3-14)26-33(28,29)16-6-7-17(23)18(24)12-16/h2-7,10-12,26H,8-9H2,1H3,(H,25,27). The minimum atomic E-state index is -4.13. The molecule has 33 heavy (non-hydrogen) atoms. The molecule has 0 spiro atoms. The van der Waals surface area contributed by atoms with Gasteiger partial charge in [0, 0.05) is 16.9 Å². The van der Waals surface area contributed by atoms with Crippen LogP contribution in [0.25, 0.3) is 0 Å². The van der Waals surface area contributed by atoms with Gasteiger partial charge >= 0.3 is 0 Å². The summed E-state index contributed by atoms with van der Waals surface area (Å²) in [6.45, 7) is 0.726. The first-order chi connectivity index (χ1) is 15.8. The van der Waals surface area contributed by atoms with Crippen LogP contribution >= 0.6 is 0 Å². The number of ether oxygens (including phenoxy) is 3. The Bertz CT molecular complexity index is 1300. The molecule has 0 fully saturated rings. The van der Waals surface area contributed by atoms with Gasteiger partial charge in [-0.3, -0.25) is 9.52 Å². The molecule has 0 saturated carbocycles. The van der Waals surface area contributed by atoms with Gasteiger partial charge in [-0.1, -0.05) is 0 Å². The number of hydrogen-bond acceptors (Lipinski definition) is 6. The number of sulfonamides is 1. The summed E-state index contributed by atoms with van der Waals surface area (Å²) in [7, 11) is -2.68. The molecule has 0 bridgehead atoms. The Labute approximate surface area is 188 Å². The van der Waals surface area contributed by atoms with Crippen LogP contribution in [-0.2, 0) is 10.0 Å². The third-order valence-corrected chi connectivity index (χ3v) is 6.07. The molecule has 0 unspecified atom stereocenters. The van der Waals surface area contributed by atoms with E-state index in [1.807, 2.05) is 0 Å². The molecule has 1 aliphatic heterocycles. The second-order valence-corrected chi connectivity index (χ2v) is 8.60. The SMILES string of the molecule is COc1cc(C(=O)Nc2ccc(NS(=O)(=O)c3ccc(F)c(F)c3)cc2)cc2c1OCCO2. The van der Waals surface area contributed by atoms with Crippen LogP contribution < -0.4 is 24.2 Å². The summed E-state index contributed by atoms with van der Waals surface area (Å²) in [6.07, 6.45) is 0. The molecule has 2 N–H and O–H groups in total. The van der Waals surface area contributed by atoms with E-state index in [9.17, 15) is 22.0 Å². The summed E-state index contributed by atoms with van der Waals surface area (Å²) in [5.41, 5.74) is 0.836. The Morgan fingerprint density at radius 1 is 0.939 bits per heavy atom. The summed E-state index contributed by atoms with van der Waals surface area (Å²) in [6, 6.07) is 11.1. The molecule has 0 atom stereocenters. The lowest BCUT2D eigenvalue weighted by atomic mass is 10.1. The van der Waals surface area contributed by atoms with Crippen molar-refractivity contribution in [2.45, 2.75) is 4.90 Å². The van der Waals surface area contributed by atoms with Crippen molar-refractivity contribution in [1.82, 2.24) is 0 Å². The van der Waals surface area contributed by atoms with Gasteiger partial charge in [0.05, 0.1) is 12.0 Å². The van der Waals surface area contributed by atoms with E-state index in [1.165, 1.54) is 43.5 Å². The third kappa shape index (κ3) is 4.82. The maximum absolute atomic E-state index is 13.4. The second-order valence-electron chi connectivity index (χ2n) is 6.92. The van der Waals surface area contributed by atoms with Crippen molar-refractivity contribution in [3.63, 3.8) is 0 Å². The van der Waals surface area contributed by atoms with Gasteiger partial charge in [-0.25, -0.2) is 17.2 Å². The van der Waals surface area contributed by atoms with Crippen molar-refractivity contribution in [3.8, 4) is 17.2 Å². The highest BCUT2D eigenvalue weighted by Crippen LogP contribution is 2.40. The van der Waals surface area contributed by atoms with Gasteiger partial charge in [0.1, 0.15) is 13.2 Å². The number of anilines is 2. The van der Waals surface area contributed by atoms with Crippen LogP contribution in [-0.4, -0.2) is 34.6 Å². The molecule has 0 aromatic heterocycles. The van der Waals surface area contributed by atoms with Gasteiger partial charge in [0.2, 0.25) is 5.75 Å². The zero-order chi connectivity index (χ0) is 23.6. The van der Waals surface area contributed by atoms with Crippen molar-refractivity contribution < 1.29 is 36.2 Å². The summed E-state index contributed by atoms with van der Waals surface area (Å²) in [5.74, 6) is -1.68. The van der Waals surface area contributed by atoms with Crippen LogP contribution in [0.4, 0.5) is 20.2 Å². The second kappa shape index (κ2) is 8.94. The van der Waals surface area contributed by atoms with Crippen molar-refractivity contribution in [1.29, 1.82) is 0 Å². The molecule has 8 nitrogen and oxygen atoms in total. The molecule has 1 aliphatic rings. The fourth-order valence-corrected chi connectivity index (χ4v) is 4.16. The van der Waals surface area contributed by atoms with Crippen molar-refractivity contribution in [2.24, 2.45) is 0 Å². The predicted octanol–water partition coefficient (Wildman–Crippen LogP) is 3.80. The lowest BCUT2D eigenvalue weighted by molar-refractivity contribution is 0.102. The summed E-state index contributed by atoms with van der Waals surface area (Å²) < 4.78 is 69.8. The fraction of sp³-hybridized carbons (Fsp3) is 0.136. The quantitative estimate of drug-likeness (QED) is 0.561. The highest BCUT2D eigenvalue weighted by Gasteiger charge is 2.21. The van der Waals surface area contributed by atoms with Crippen LogP contribution in [0.2, 0.25) is 0 Å². The Kier molecular flexibility index (Phi) is 6.05. The van der Waals surface area contributed by atoms with Gasteiger partial charge in [0.15, 0.2) is 23.1 Å². The number of benzene rings is 3. The monoisotopic (exact) mass is 476 g/mol. The summed E-state index contributed by atoms with van der Waals surface area (Å²) in [5, 5.41) is 2.69. The van der Waals surface area contributed by atoms with Crippen LogP contribution in [0, 0.1) is 11.6 Å². The molecular weight excluding hydrogens is 458 g/mol. The molecule has 11 heteroatoms. The van der Waals surface area contributed by atoms with Gasteiger partial charge in [0.25, 0.3) is 15.9 Å². The average Bonchev–Trinajstić information content (AvgIpc) is 2.81. The molecule has 0 aliphatic carbocycles. The van der Waals surface area contributed by atoms with E-state index >= 15 is 0 Å². The van der Waals surface area contributed by atoms with Gasteiger partial charge in [-0.2, -0.15) is 0 Å². The van der Waals surface area contributed by atoms with E-state index in [0.717, 1.165) is 12.1 Å². The largest absolute Gasteiger partial charge is 0.493 e. The first-order valence-corrected chi connectivity index (χ1v) is 11.1. The van der Waals surface area contributed by atoms with E-state index in [1.54, 1.807) is 0 Å². The van der Waals surface area contributed by atoms with Crippen LogP contribution in [0.15, 0.2) is 59.5 Å². The first kappa shape index (κ1) is 22.3. The number of methoxy groups -OCH3 is 1. The molecule has 3 aromatic carbocycles. The predicted molar refractivity (Wildman–Crippen MR) is 116 cm³/mol. The molecule has 0 saturated heterocycles. The molecule has 0 radical (unpaired) electrons. The Balaban J connectivity index is 1.47. The zero-order valence-corrected chi connectivity index (χ0v) is 18.0. The lowest BCUT2D eigenvalue weighted by Gasteiger charge is -2.21. The Morgan fingerprint density at radius 3 is 2.33 bits per heavy atom. The molecule has 172 valence electrons. The van der Waals surface area contributed by atoms with E-state index in [2.05, 4.69) is 10.0 Å². The highest BCUT2D eigenvalue weighted by atomic mass is 32.2. The number of nitrogens with one attached hydrogen (secondary N) is 2. The van der Waals surface area contributed by atoms with Crippen molar-refractivity contribution in [2.75, 3.05) is 30.4 Å². The van der Waals surface area contributed by atoms with Crippen LogP contribution in [0.5, 0.6) is 17.2 Å². The van der Waals surface area contributed by atoms with Crippen LogP contribution in [0.3, 0.4) is 0 Å². The number of carbonyl (C=O) groups excluding carboxylic acids is 1. The minimum Gasteiger partial charge on any atom is -0.493 e. The van der Waals surface area contributed by atoms with Gasteiger partial charge < -0.3 is 19.5 Å². The topological polar surface area (TPSA) is 103 Å². The van der Waals surface area contributed by atoms with Gasteiger partial charge in [-0.05, 0) is 54.6 Å². The minimum absolute atomic E-state index is 0.165. The Morgan fingerprint density at radius 2 is 1.64 bits per heavy atom. The molecule has 4 rings (SSSR count). The number of halogens is 2. The number of fused-ring (bicyclic) bond motifs is 1. The number of amides is 1. The maximum atomic E-state index is 13.4. The van der Waals surface area contributed by atoms with E-state index < -0.39 is 32.5 Å². The average molecular weight is 476 g/mol. The van der Waals surface area contributed by atoms with E-state index in [-0.39, 0.29) is 11.3 Å². The molecule has 1 amide bonds. The highest BCUT2D eigenvalue weighted by molar-refractivity contribution is 7.92. The van der Waals surface area contributed by atoms with Crippen LogP contribution in [0.1, 0.15) is 10.4 Å². The molecular formula is C22H18F2N2O6S. The summed E-state index contributed by atoms with van der Waals surface area (Å²) >= 11 is 0. The molecule has 3 aromatic rings. The smallest absolute Gasteiger partial charge is 0.261 e. The van der Waals surface area contributed by atoms with Crippen molar-refractivity contribution >= 4 is 27.3 Å². The number of carbonyl (C=O) groups is 1. The first-order valence-electron chi connectivity index (χ1n) is 9.64. The lowest BCUT2D eigenvalue weighted by Crippen LogP contribution is -2.18. The molecule has 1 heterocycles. The summed E-state index contributed by atoms with van der Waals surface area (Å²) in [4.78, 5) is 12.3.